The summed E-state index contributed by atoms with van der Waals surface area (Å²) in [5.74, 6) is 0. The number of amides is 1. The van der Waals surface area contributed by atoms with E-state index in [0.29, 0.717) is 19.7 Å². The zero-order valence-electron chi connectivity index (χ0n) is 14.9. The van der Waals surface area contributed by atoms with E-state index in [2.05, 4.69) is 6.07 Å². The second kappa shape index (κ2) is 6.87. The first-order valence-corrected chi connectivity index (χ1v) is 8.00. The maximum Gasteiger partial charge on any atom is 0.410 e. The van der Waals surface area contributed by atoms with Gasteiger partial charge in [0.2, 0.25) is 0 Å². The molecule has 1 aliphatic heterocycles. The molecule has 5 heteroatoms. The second-order valence-electron chi connectivity index (χ2n) is 8.05. The highest BCUT2D eigenvalue weighted by Crippen LogP contribution is 2.27. The third kappa shape index (κ3) is 6.23. The van der Waals surface area contributed by atoms with Crippen molar-refractivity contribution in [2.24, 2.45) is 5.41 Å². The molecule has 0 aromatic carbocycles. The normalized spacial score (nSPS) is 22.5. The van der Waals surface area contributed by atoms with E-state index < -0.39 is 5.60 Å². The molecule has 0 aliphatic carbocycles. The Morgan fingerprint density at radius 3 is 2.50 bits per heavy atom. The number of carbonyl (C=O) groups excluding carboxylic acids is 1. The van der Waals surface area contributed by atoms with Gasteiger partial charge in [-0.15, -0.1) is 0 Å². The van der Waals surface area contributed by atoms with Crippen molar-refractivity contribution < 1.29 is 14.3 Å². The minimum Gasteiger partial charge on any atom is -0.444 e. The Morgan fingerprint density at radius 2 is 1.95 bits per heavy atom. The Bertz CT molecular complexity index is 434. The van der Waals surface area contributed by atoms with Crippen molar-refractivity contribution in [1.29, 1.82) is 5.26 Å². The first-order valence-electron chi connectivity index (χ1n) is 8.00. The molecule has 126 valence electrons. The van der Waals surface area contributed by atoms with Gasteiger partial charge >= 0.3 is 6.09 Å². The average Bonchev–Trinajstić information content (AvgIpc) is 2.76. The van der Waals surface area contributed by atoms with Gasteiger partial charge in [-0.1, -0.05) is 0 Å². The summed E-state index contributed by atoms with van der Waals surface area (Å²) in [5, 5.41) is 9.00. The molecule has 1 aliphatic rings. The van der Waals surface area contributed by atoms with Crippen LogP contribution in [0, 0.1) is 16.7 Å². The smallest absolute Gasteiger partial charge is 0.410 e. The van der Waals surface area contributed by atoms with Crippen molar-refractivity contribution in [2.75, 3.05) is 19.7 Å². The predicted octanol–water partition coefficient (Wildman–Crippen LogP) is 3.73. The molecule has 0 aromatic heterocycles. The quantitative estimate of drug-likeness (QED) is 0.726. The van der Waals surface area contributed by atoms with Gasteiger partial charge in [-0.05, 0) is 60.8 Å². The second-order valence-corrected chi connectivity index (χ2v) is 8.05. The summed E-state index contributed by atoms with van der Waals surface area (Å²) >= 11 is 0. The Morgan fingerprint density at radius 1 is 1.32 bits per heavy atom. The maximum atomic E-state index is 12.1. The Balaban J connectivity index is 2.38. The summed E-state index contributed by atoms with van der Waals surface area (Å²) in [5.41, 5.74) is -1.09. The number of ether oxygens (including phenoxy) is 2. The van der Waals surface area contributed by atoms with Crippen LogP contribution in [0.1, 0.15) is 60.8 Å². The molecule has 1 atom stereocenters. The first-order chi connectivity index (χ1) is 9.96. The number of hydrogen-bond donors (Lipinski definition) is 0. The van der Waals surface area contributed by atoms with Crippen LogP contribution in [0.2, 0.25) is 0 Å². The summed E-state index contributed by atoms with van der Waals surface area (Å²) in [7, 11) is 0. The molecule has 0 saturated carbocycles. The zero-order valence-corrected chi connectivity index (χ0v) is 14.9. The summed E-state index contributed by atoms with van der Waals surface area (Å²) < 4.78 is 11.4. The lowest BCUT2D eigenvalue weighted by Crippen LogP contribution is -2.39. The Kier molecular flexibility index (Phi) is 5.86. The van der Waals surface area contributed by atoms with Crippen LogP contribution in [0.15, 0.2) is 0 Å². The van der Waals surface area contributed by atoms with Crippen LogP contribution in [0.25, 0.3) is 0 Å². The highest BCUT2D eigenvalue weighted by Gasteiger charge is 2.38. The van der Waals surface area contributed by atoms with Gasteiger partial charge in [0.15, 0.2) is 0 Å². The largest absolute Gasteiger partial charge is 0.444 e. The minimum absolute atomic E-state index is 0.273. The molecule has 1 saturated heterocycles. The van der Waals surface area contributed by atoms with Crippen molar-refractivity contribution in [3.05, 3.63) is 0 Å². The molecule has 1 fully saturated rings. The summed E-state index contributed by atoms with van der Waals surface area (Å²) in [4.78, 5) is 13.8. The van der Waals surface area contributed by atoms with Crippen molar-refractivity contribution in [3.63, 3.8) is 0 Å². The standard InChI is InChI=1S/C17H30N2O3/c1-15(2,3)22-14(20)19-10-9-17(6,13-19)21-11-7-8-16(4,5)12-18/h7-11,13H2,1-6H3. The van der Waals surface area contributed by atoms with E-state index in [1.807, 2.05) is 41.5 Å². The highest BCUT2D eigenvalue weighted by atomic mass is 16.6. The van der Waals surface area contributed by atoms with Crippen LogP contribution in [0.5, 0.6) is 0 Å². The lowest BCUT2D eigenvalue weighted by atomic mass is 9.90. The lowest BCUT2D eigenvalue weighted by Gasteiger charge is -2.27. The Labute approximate surface area is 134 Å². The SMILES string of the molecule is CC(C)(C#N)CCCOC1(C)CCN(C(=O)OC(C)(C)C)C1. The summed E-state index contributed by atoms with van der Waals surface area (Å²) in [6, 6.07) is 2.30. The van der Waals surface area contributed by atoms with E-state index in [4.69, 9.17) is 14.7 Å². The maximum absolute atomic E-state index is 12.1. The van der Waals surface area contributed by atoms with Crippen LogP contribution in [0.3, 0.4) is 0 Å². The molecule has 0 aromatic rings. The topological polar surface area (TPSA) is 62.6 Å². The number of nitrogens with zero attached hydrogens (tertiary/aromatic N) is 2. The average molecular weight is 310 g/mol. The highest BCUT2D eigenvalue weighted by molar-refractivity contribution is 5.68. The molecule has 0 radical (unpaired) electrons. The van der Waals surface area contributed by atoms with Crippen molar-refractivity contribution in [3.8, 4) is 6.07 Å². The van der Waals surface area contributed by atoms with Crippen molar-refractivity contribution >= 4 is 6.09 Å². The molecule has 1 unspecified atom stereocenters. The van der Waals surface area contributed by atoms with Gasteiger partial charge in [0, 0.05) is 13.2 Å². The number of nitriles is 1. The summed E-state index contributed by atoms with van der Waals surface area (Å²) in [6.45, 7) is 13.4. The summed E-state index contributed by atoms with van der Waals surface area (Å²) in [6.07, 6.45) is 2.21. The number of hydrogen-bond acceptors (Lipinski definition) is 4. The fourth-order valence-electron chi connectivity index (χ4n) is 2.42. The van der Waals surface area contributed by atoms with Crippen LogP contribution < -0.4 is 0 Å². The molecule has 1 heterocycles. The third-order valence-electron chi connectivity index (χ3n) is 3.79. The van der Waals surface area contributed by atoms with Crippen LogP contribution >= 0.6 is 0 Å². The number of rotatable bonds is 5. The van der Waals surface area contributed by atoms with Gasteiger partial charge in [-0.25, -0.2) is 4.79 Å². The van der Waals surface area contributed by atoms with E-state index in [-0.39, 0.29) is 17.1 Å². The van der Waals surface area contributed by atoms with E-state index in [9.17, 15) is 4.79 Å². The van der Waals surface area contributed by atoms with Gasteiger partial charge in [-0.3, -0.25) is 0 Å². The third-order valence-corrected chi connectivity index (χ3v) is 3.79. The van der Waals surface area contributed by atoms with E-state index >= 15 is 0 Å². The van der Waals surface area contributed by atoms with Gasteiger partial charge in [0.05, 0.1) is 23.6 Å². The molecular formula is C17H30N2O3. The van der Waals surface area contributed by atoms with Crippen molar-refractivity contribution in [1.82, 2.24) is 4.90 Å². The molecule has 1 rings (SSSR count). The first kappa shape index (κ1) is 18.8. The molecule has 5 nitrogen and oxygen atoms in total. The molecule has 0 N–H and O–H groups in total. The molecule has 0 spiro atoms. The monoisotopic (exact) mass is 310 g/mol. The fraction of sp³-hybridized carbons (Fsp3) is 0.882. The van der Waals surface area contributed by atoms with E-state index in [0.717, 1.165) is 19.3 Å². The minimum atomic E-state index is -0.472. The fourth-order valence-corrected chi connectivity index (χ4v) is 2.42. The number of likely N-dealkylation sites (tertiary alicyclic amines) is 1. The van der Waals surface area contributed by atoms with E-state index in [1.54, 1.807) is 4.90 Å². The predicted molar refractivity (Wildman–Crippen MR) is 85.4 cm³/mol. The van der Waals surface area contributed by atoms with Crippen LogP contribution in [-0.4, -0.2) is 41.9 Å². The van der Waals surface area contributed by atoms with Crippen molar-refractivity contribution in [2.45, 2.75) is 72.0 Å². The van der Waals surface area contributed by atoms with E-state index in [1.165, 1.54) is 0 Å². The Hall–Kier alpha value is -1.28. The molecule has 1 amide bonds. The van der Waals surface area contributed by atoms with Gasteiger partial charge in [-0.2, -0.15) is 5.26 Å². The van der Waals surface area contributed by atoms with Crippen LogP contribution in [-0.2, 0) is 9.47 Å². The molecule has 22 heavy (non-hydrogen) atoms. The molecule has 0 bridgehead atoms. The van der Waals surface area contributed by atoms with Gasteiger partial charge in [0.25, 0.3) is 0 Å². The van der Waals surface area contributed by atoms with Gasteiger partial charge < -0.3 is 14.4 Å². The zero-order chi connectivity index (χ0) is 17.0. The van der Waals surface area contributed by atoms with Gasteiger partial charge in [0.1, 0.15) is 5.60 Å². The van der Waals surface area contributed by atoms with Crippen LogP contribution in [0.4, 0.5) is 4.79 Å². The lowest BCUT2D eigenvalue weighted by molar-refractivity contribution is -0.0299. The number of carbonyl (C=O) groups is 1. The molecular weight excluding hydrogens is 280 g/mol.